The Morgan fingerprint density at radius 3 is 1.42 bits per heavy atom. The highest BCUT2D eigenvalue weighted by Crippen LogP contribution is 2.37. The van der Waals surface area contributed by atoms with E-state index in [0.29, 0.717) is 75.5 Å². The minimum Gasteiger partial charge on any atom is -0.493 e. The number of hydrogen-bond donors (Lipinski definition) is 2. The van der Waals surface area contributed by atoms with Gasteiger partial charge in [-0.05, 0) is 96.1 Å². The number of carbonyl (C=O) groups is 4. The number of ether oxygens (including phenoxy) is 4. The zero-order valence-corrected chi connectivity index (χ0v) is 35.1. The van der Waals surface area contributed by atoms with Crippen LogP contribution in [0.4, 0.5) is 11.4 Å². The lowest BCUT2D eigenvalue weighted by molar-refractivity contribution is -0.123. The lowest BCUT2D eigenvalue weighted by Gasteiger charge is -2.13. The van der Waals surface area contributed by atoms with Gasteiger partial charge in [0.15, 0.2) is 36.2 Å². The van der Waals surface area contributed by atoms with Crippen molar-refractivity contribution >= 4 is 104 Å². The van der Waals surface area contributed by atoms with Crippen molar-refractivity contribution in [3.05, 3.63) is 130 Å². The normalized spacial score (nSPS) is 15.2. The van der Waals surface area contributed by atoms with Gasteiger partial charge in [0.2, 0.25) is 0 Å². The van der Waals surface area contributed by atoms with E-state index >= 15 is 0 Å². The fourth-order valence-corrected chi connectivity index (χ4v) is 8.31. The third-order valence-corrected chi connectivity index (χ3v) is 11.4. The summed E-state index contributed by atoms with van der Waals surface area (Å²) >= 11 is 13.2. The maximum absolute atomic E-state index is 13.0. The molecule has 4 amide bonds. The van der Waals surface area contributed by atoms with Crippen molar-refractivity contribution < 1.29 is 47.0 Å². The van der Waals surface area contributed by atoms with Gasteiger partial charge in [-0.3, -0.25) is 29.0 Å². The number of thiocarbonyl (C=S) groups is 2. The Morgan fingerprint density at radius 2 is 1.05 bits per heavy atom. The van der Waals surface area contributed by atoms with E-state index in [1.165, 1.54) is 47.5 Å². The van der Waals surface area contributed by atoms with Gasteiger partial charge in [0.05, 0.1) is 49.6 Å². The zero-order chi connectivity index (χ0) is 42.2. The number of methoxy groups -OCH3 is 2. The van der Waals surface area contributed by atoms with Gasteiger partial charge in [0.1, 0.15) is 20.2 Å². The number of furan rings is 2. The van der Waals surface area contributed by atoms with Crippen LogP contribution in [0.5, 0.6) is 23.0 Å². The van der Waals surface area contributed by atoms with E-state index in [0.717, 1.165) is 0 Å². The van der Waals surface area contributed by atoms with Crippen LogP contribution in [0.3, 0.4) is 0 Å². The van der Waals surface area contributed by atoms with E-state index in [4.69, 9.17) is 52.2 Å². The highest BCUT2D eigenvalue weighted by atomic mass is 32.2. The average molecular weight is 883 g/mol. The van der Waals surface area contributed by atoms with Crippen molar-refractivity contribution in [1.82, 2.24) is 9.80 Å². The Bertz CT molecular complexity index is 2330. The summed E-state index contributed by atoms with van der Waals surface area (Å²) in [6.45, 7) is -0.132. The largest absolute Gasteiger partial charge is 0.493 e. The predicted molar refractivity (Wildman–Crippen MR) is 236 cm³/mol. The molecule has 4 heterocycles. The van der Waals surface area contributed by atoms with E-state index in [-0.39, 0.29) is 38.1 Å². The molecule has 14 nitrogen and oxygen atoms in total. The number of benzene rings is 3. The molecule has 0 spiro atoms. The Morgan fingerprint density at radius 1 is 0.633 bits per heavy atom. The standard InChI is InChI=1S/C42H34N4O10S4/c1-51-33-17-25(19-35-39(49)45(41(57)59-35)21-29-5-3-15-53-29)7-13-31(33)55-23-37(47)43-27-9-11-28(12-10-27)44-38(48)24-56-32-14-8-26(18-34(32)52-2)20-36-40(50)46(42(58)60-36)22-30-6-4-16-54-30/h3-20H,21-24H2,1-2H3,(H,43,47)(H,44,48)/b35-19-,36-20-. The molecule has 0 bridgehead atoms. The van der Waals surface area contributed by atoms with Crippen LogP contribution in [0.1, 0.15) is 22.6 Å². The molecule has 2 N–H and O–H groups in total. The van der Waals surface area contributed by atoms with Gasteiger partial charge in [-0.1, -0.05) is 60.1 Å². The first kappa shape index (κ1) is 41.8. The van der Waals surface area contributed by atoms with Crippen molar-refractivity contribution in [3.8, 4) is 23.0 Å². The molecule has 2 aromatic heterocycles. The first-order chi connectivity index (χ1) is 29.1. The molecule has 0 saturated carbocycles. The molecule has 2 aliphatic rings. The lowest BCUT2D eigenvalue weighted by Crippen LogP contribution is -2.27. The number of carbonyl (C=O) groups excluding carboxylic acids is 4. The van der Waals surface area contributed by atoms with Crippen LogP contribution in [0.2, 0.25) is 0 Å². The first-order valence-electron chi connectivity index (χ1n) is 17.9. The molecule has 0 radical (unpaired) electrons. The summed E-state index contributed by atoms with van der Waals surface area (Å²) in [5.41, 5.74) is 2.33. The number of thioether (sulfide) groups is 2. The Balaban J connectivity index is 0.867. The van der Waals surface area contributed by atoms with E-state index in [1.54, 1.807) is 110 Å². The third kappa shape index (κ3) is 10.3. The number of rotatable bonds is 16. The molecular formula is C42H34N4O10S4. The lowest BCUT2D eigenvalue weighted by atomic mass is 10.2. The molecular weight excluding hydrogens is 849 g/mol. The Kier molecular flexibility index (Phi) is 13.3. The van der Waals surface area contributed by atoms with Gasteiger partial charge in [0, 0.05) is 11.4 Å². The smallest absolute Gasteiger partial charge is 0.266 e. The number of hydrogen-bond acceptors (Lipinski definition) is 14. The fraction of sp³-hybridized carbons (Fsp3) is 0.143. The molecule has 0 aliphatic carbocycles. The van der Waals surface area contributed by atoms with Crippen LogP contribution in [0.15, 0.2) is 116 Å². The fourth-order valence-electron chi connectivity index (χ4n) is 5.80. The monoisotopic (exact) mass is 882 g/mol. The number of amides is 4. The quantitative estimate of drug-likeness (QED) is 0.0732. The Labute approximate surface area is 362 Å². The molecule has 3 aromatic carbocycles. The molecule has 2 aliphatic heterocycles. The Hall–Kier alpha value is -6.34. The maximum atomic E-state index is 13.0. The van der Waals surface area contributed by atoms with Gasteiger partial charge < -0.3 is 38.4 Å². The highest BCUT2D eigenvalue weighted by molar-refractivity contribution is 8.27. The first-order valence-corrected chi connectivity index (χ1v) is 20.4. The minimum absolute atomic E-state index is 0.226. The van der Waals surface area contributed by atoms with E-state index < -0.39 is 11.8 Å². The van der Waals surface area contributed by atoms with Gasteiger partial charge in [-0.25, -0.2) is 0 Å². The summed E-state index contributed by atoms with van der Waals surface area (Å²) in [6.07, 6.45) is 6.51. The third-order valence-electron chi connectivity index (χ3n) is 8.68. The topological polar surface area (TPSA) is 162 Å². The summed E-state index contributed by atoms with van der Waals surface area (Å²) in [5, 5.41) is 5.51. The molecule has 18 heteroatoms. The summed E-state index contributed by atoms with van der Waals surface area (Å²) in [5.74, 6) is 1.36. The van der Waals surface area contributed by atoms with Crippen molar-refractivity contribution in [2.45, 2.75) is 13.1 Å². The number of nitrogens with one attached hydrogen (secondary N) is 2. The minimum atomic E-state index is -0.424. The average Bonchev–Trinajstić information content (AvgIpc) is 4.06. The second-order valence-electron chi connectivity index (χ2n) is 12.8. The van der Waals surface area contributed by atoms with Gasteiger partial charge in [0.25, 0.3) is 23.6 Å². The van der Waals surface area contributed by atoms with Crippen molar-refractivity contribution in [2.75, 3.05) is 38.1 Å². The molecule has 0 atom stereocenters. The van der Waals surface area contributed by atoms with E-state index in [1.807, 2.05) is 0 Å². The van der Waals surface area contributed by atoms with Crippen LogP contribution in [0.25, 0.3) is 12.2 Å². The molecule has 2 fully saturated rings. The highest BCUT2D eigenvalue weighted by Gasteiger charge is 2.34. The van der Waals surface area contributed by atoms with Crippen LogP contribution in [-0.2, 0) is 32.3 Å². The van der Waals surface area contributed by atoms with Crippen molar-refractivity contribution in [2.24, 2.45) is 0 Å². The molecule has 2 saturated heterocycles. The SMILES string of the molecule is COc1cc(/C=C2\SC(=S)N(Cc3ccco3)C2=O)ccc1OCC(=O)Nc1ccc(NC(=O)COc2ccc(/C=C3\SC(=S)N(Cc4ccco4)C3=O)cc2OC)cc1. The van der Waals surface area contributed by atoms with Crippen molar-refractivity contribution in [3.63, 3.8) is 0 Å². The summed E-state index contributed by atoms with van der Waals surface area (Å²) in [6, 6.07) is 23.8. The van der Waals surface area contributed by atoms with E-state index in [2.05, 4.69) is 10.6 Å². The molecule has 306 valence electrons. The summed E-state index contributed by atoms with van der Waals surface area (Å²) in [4.78, 5) is 55.4. The van der Waals surface area contributed by atoms with Gasteiger partial charge in [-0.15, -0.1) is 0 Å². The summed E-state index contributed by atoms with van der Waals surface area (Å²) < 4.78 is 34.1. The molecule has 7 rings (SSSR count). The van der Waals surface area contributed by atoms with E-state index in [9.17, 15) is 19.2 Å². The zero-order valence-electron chi connectivity index (χ0n) is 31.8. The second kappa shape index (κ2) is 19.2. The molecule has 60 heavy (non-hydrogen) atoms. The van der Waals surface area contributed by atoms with Crippen LogP contribution in [0, 0.1) is 0 Å². The molecule has 5 aromatic rings. The van der Waals surface area contributed by atoms with Crippen molar-refractivity contribution in [1.29, 1.82) is 0 Å². The second-order valence-corrected chi connectivity index (χ2v) is 16.1. The maximum Gasteiger partial charge on any atom is 0.266 e. The van der Waals surface area contributed by atoms with Crippen LogP contribution < -0.4 is 29.6 Å². The number of nitrogens with zero attached hydrogens (tertiary/aromatic N) is 2. The van der Waals surface area contributed by atoms with Gasteiger partial charge >= 0.3 is 0 Å². The number of anilines is 2. The van der Waals surface area contributed by atoms with Crippen LogP contribution in [-0.4, -0.2) is 69.5 Å². The predicted octanol–water partition coefficient (Wildman–Crippen LogP) is 7.73. The van der Waals surface area contributed by atoms with Crippen LogP contribution >= 0.6 is 48.0 Å². The van der Waals surface area contributed by atoms with Gasteiger partial charge in [-0.2, -0.15) is 0 Å². The molecule has 0 unspecified atom stereocenters. The summed E-state index contributed by atoms with van der Waals surface area (Å²) in [7, 11) is 2.95.